The molecule has 1 aliphatic heterocycles. The first-order valence-electron chi connectivity index (χ1n) is 8.06. The summed E-state index contributed by atoms with van der Waals surface area (Å²) in [6.07, 6.45) is 5.14. The third kappa shape index (κ3) is 6.54. The minimum atomic E-state index is 0. The molecule has 4 nitrogen and oxygen atoms in total. The molecule has 1 heterocycles. The molecule has 2 atom stereocenters. The number of hydrogen-bond acceptors (Lipinski definition) is 3. The maximum Gasteiger partial charge on any atom is 0.233 e. The fourth-order valence-corrected chi connectivity index (χ4v) is 3.03. The van der Waals surface area contributed by atoms with Crippen LogP contribution in [0.5, 0.6) is 0 Å². The molecule has 2 N–H and O–H groups in total. The summed E-state index contributed by atoms with van der Waals surface area (Å²) in [6.45, 7) is 9.69. The number of amides is 1. The maximum absolute atomic E-state index is 11.8. The lowest BCUT2D eigenvalue weighted by molar-refractivity contribution is -0.122. The molecule has 2 aliphatic rings. The first kappa shape index (κ1) is 18.7. The Morgan fingerprint density at radius 1 is 1.19 bits per heavy atom. The van der Waals surface area contributed by atoms with Gasteiger partial charge >= 0.3 is 0 Å². The van der Waals surface area contributed by atoms with E-state index in [1.807, 2.05) is 0 Å². The van der Waals surface area contributed by atoms with Crippen LogP contribution in [-0.4, -0.2) is 38.3 Å². The van der Waals surface area contributed by atoms with Gasteiger partial charge in [0.2, 0.25) is 5.91 Å². The third-order valence-corrected chi connectivity index (χ3v) is 4.28. The Bertz CT molecular complexity index is 327. The van der Waals surface area contributed by atoms with Gasteiger partial charge in [-0.15, -0.1) is 12.4 Å². The smallest absolute Gasteiger partial charge is 0.233 e. The van der Waals surface area contributed by atoms with Crippen molar-refractivity contribution in [2.24, 2.45) is 17.3 Å². The van der Waals surface area contributed by atoms with Gasteiger partial charge in [0.25, 0.3) is 0 Å². The lowest BCUT2D eigenvalue weighted by Gasteiger charge is -2.40. The van der Waals surface area contributed by atoms with Gasteiger partial charge in [0.05, 0.1) is 12.6 Å². The van der Waals surface area contributed by atoms with Crippen molar-refractivity contribution in [3.63, 3.8) is 0 Å². The summed E-state index contributed by atoms with van der Waals surface area (Å²) in [5, 5.41) is 6.30. The van der Waals surface area contributed by atoms with E-state index in [9.17, 15) is 4.79 Å². The highest BCUT2D eigenvalue weighted by atomic mass is 35.5. The summed E-state index contributed by atoms with van der Waals surface area (Å²) in [4.78, 5) is 11.8. The van der Waals surface area contributed by atoms with Gasteiger partial charge in [-0.2, -0.15) is 0 Å². The van der Waals surface area contributed by atoms with Crippen LogP contribution in [0.15, 0.2) is 0 Å². The zero-order valence-corrected chi connectivity index (χ0v) is 14.4. The Balaban J connectivity index is 0.00000220. The molecule has 0 bridgehead atoms. The van der Waals surface area contributed by atoms with Crippen LogP contribution >= 0.6 is 12.4 Å². The fraction of sp³-hybridized carbons (Fsp3) is 0.938. The van der Waals surface area contributed by atoms with E-state index in [0.717, 1.165) is 38.5 Å². The fourth-order valence-electron chi connectivity index (χ4n) is 3.03. The van der Waals surface area contributed by atoms with E-state index in [4.69, 9.17) is 4.74 Å². The third-order valence-electron chi connectivity index (χ3n) is 4.28. The standard InChI is InChI=1S/C16H30N2O2.ClH/c1-16(2,3)15-13(5-4-8-20-15)10-18-14(19)11-17-9-12-6-7-12;/h12-13,15,17H,4-11H2,1-3H3,(H,18,19);1H. The molecule has 0 aromatic carbocycles. The number of carbonyl (C=O) groups excluding carboxylic acids is 1. The van der Waals surface area contributed by atoms with E-state index in [0.29, 0.717) is 12.5 Å². The van der Waals surface area contributed by atoms with Crippen LogP contribution < -0.4 is 10.6 Å². The number of nitrogens with one attached hydrogen (secondary N) is 2. The number of ether oxygens (including phenoxy) is 1. The van der Waals surface area contributed by atoms with Gasteiger partial charge in [0, 0.05) is 19.1 Å². The molecule has 1 saturated heterocycles. The van der Waals surface area contributed by atoms with Gasteiger partial charge in [-0.1, -0.05) is 20.8 Å². The van der Waals surface area contributed by atoms with Crippen molar-refractivity contribution >= 4 is 18.3 Å². The molecule has 21 heavy (non-hydrogen) atoms. The molecule has 1 saturated carbocycles. The molecule has 124 valence electrons. The first-order chi connectivity index (χ1) is 9.47. The Hall–Kier alpha value is -0.320. The van der Waals surface area contributed by atoms with E-state index in [2.05, 4.69) is 31.4 Å². The van der Waals surface area contributed by atoms with Crippen LogP contribution in [0.4, 0.5) is 0 Å². The van der Waals surface area contributed by atoms with E-state index in [1.54, 1.807) is 0 Å². The molecular formula is C16H31ClN2O2. The normalized spacial score (nSPS) is 26.0. The molecule has 0 radical (unpaired) electrons. The number of rotatable bonds is 6. The molecule has 2 rings (SSSR count). The highest BCUT2D eigenvalue weighted by Gasteiger charge is 2.35. The summed E-state index contributed by atoms with van der Waals surface area (Å²) in [5.74, 6) is 1.37. The molecule has 2 fully saturated rings. The Morgan fingerprint density at radius 2 is 1.90 bits per heavy atom. The number of halogens is 1. The van der Waals surface area contributed by atoms with Gasteiger partial charge in [-0.3, -0.25) is 4.79 Å². The quantitative estimate of drug-likeness (QED) is 0.790. The minimum Gasteiger partial charge on any atom is -0.377 e. The van der Waals surface area contributed by atoms with Crippen molar-refractivity contribution in [2.75, 3.05) is 26.2 Å². The number of carbonyl (C=O) groups is 1. The second-order valence-corrected chi connectivity index (χ2v) is 7.44. The Labute approximate surface area is 135 Å². The van der Waals surface area contributed by atoms with Gasteiger partial charge in [-0.05, 0) is 43.6 Å². The largest absolute Gasteiger partial charge is 0.377 e. The average Bonchev–Trinajstić information content (AvgIpc) is 3.20. The van der Waals surface area contributed by atoms with E-state index < -0.39 is 0 Å². The van der Waals surface area contributed by atoms with Crippen LogP contribution in [-0.2, 0) is 9.53 Å². The summed E-state index contributed by atoms with van der Waals surface area (Å²) < 4.78 is 5.94. The Kier molecular flexibility index (Phi) is 7.45. The van der Waals surface area contributed by atoms with Crippen LogP contribution in [0.1, 0.15) is 46.5 Å². The molecule has 5 heteroatoms. The molecular weight excluding hydrogens is 288 g/mol. The predicted octanol–water partition coefficient (Wildman–Crippen LogP) is 2.37. The summed E-state index contributed by atoms with van der Waals surface area (Å²) in [7, 11) is 0. The molecule has 0 aromatic heterocycles. The average molecular weight is 319 g/mol. The van der Waals surface area contributed by atoms with Crippen LogP contribution in [0, 0.1) is 17.3 Å². The highest BCUT2D eigenvalue weighted by molar-refractivity contribution is 5.85. The second kappa shape index (κ2) is 8.35. The highest BCUT2D eigenvalue weighted by Crippen LogP contribution is 2.33. The molecule has 2 unspecified atom stereocenters. The van der Waals surface area contributed by atoms with Gasteiger partial charge in [-0.25, -0.2) is 0 Å². The van der Waals surface area contributed by atoms with Crippen LogP contribution in [0.25, 0.3) is 0 Å². The summed E-state index contributed by atoms with van der Waals surface area (Å²) >= 11 is 0. The van der Waals surface area contributed by atoms with E-state index in [-0.39, 0.29) is 29.8 Å². The van der Waals surface area contributed by atoms with E-state index >= 15 is 0 Å². The zero-order chi connectivity index (χ0) is 14.6. The molecule has 1 amide bonds. The summed E-state index contributed by atoms with van der Waals surface area (Å²) in [5.41, 5.74) is 0.139. The van der Waals surface area contributed by atoms with Gasteiger partial charge in [0.15, 0.2) is 0 Å². The molecule has 0 aromatic rings. The minimum absolute atomic E-state index is 0. The van der Waals surface area contributed by atoms with Gasteiger partial charge in [0.1, 0.15) is 0 Å². The van der Waals surface area contributed by atoms with Gasteiger partial charge < -0.3 is 15.4 Å². The first-order valence-corrected chi connectivity index (χ1v) is 8.06. The van der Waals surface area contributed by atoms with Crippen LogP contribution in [0.3, 0.4) is 0 Å². The van der Waals surface area contributed by atoms with Crippen molar-refractivity contribution in [1.82, 2.24) is 10.6 Å². The van der Waals surface area contributed by atoms with Crippen molar-refractivity contribution in [2.45, 2.75) is 52.6 Å². The molecule has 0 spiro atoms. The molecule has 1 aliphatic carbocycles. The maximum atomic E-state index is 11.8. The zero-order valence-electron chi connectivity index (χ0n) is 13.6. The summed E-state index contributed by atoms with van der Waals surface area (Å²) in [6, 6.07) is 0. The van der Waals surface area contributed by atoms with Crippen molar-refractivity contribution in [3.8, 4) is 0 Å². The second-order valence-electron chi connectivity index (χ2n) is 7.44. The Morgan fingerprint density at radius 3 is 2.52 bits per heavy atom. The lowest BCUT2D eigenvalue weighted by atomic mass is 9.78. The van der Waals surface area contributed by atoms with Crippen LogP contribution in [0.2, 0.25) is 0 Å². The van der Waals surface area contributed by atoms with Crippen molar-refractivity contribution in [3.05, 3.63) is 0 Å². The monoisotopic (exact) mass is 318 g/mol. The van der Waals surface area contributed by atoms with E-state index in [1.165, 1.54) is 12.8 Å². The topological polar surface area (TPSA) is 50.4 Å². The van der Waals surface area contributed by atoms with Crippen molar-refractivity contribution < 1.29 is 9.53 Å². The van der Waals surface area contributed by atoms with Crippen molar-refractivity contribution in [1.29, 1.82) is 0 Å². The predicted molar refractivity (Wildman–Crippen MR) is 87.8 cm³/mol. The lowest BCUT2D eigenvalue weighted by Crippen LogP contribution is -2.46. The number of hydrogen-bond donors (Lipinski definition) is 2. The SMILES string of the molecule is CC(C)(C)C1OCCCC1CNC(=O)CNCC1CC1.Cl.